The van der Waals surface area contributed by atoms with Crippen molar-refractivity contribution in [3.05, 3.63) is 119 Å². The monoisotopic (exact) mass is 667 g/mol. The van der Waals surface area contributed by atoms with E-state index in [0.717, 1.165) is 26.8 Å². The summed E-state index contributed by atoms with van der Waals surface area (Å²) in [5.74, 6) is -3.09. The molecule has 13 heteroatoms. The number of amides is 3. The highest BCUT2D eigenvalue weighted by Gasteiger charge is 2.31. The Labute approximate surface area is 281 Å². The number of imidazole rings is 1. The average molecular weight is 668 g/mol. The zero-order chi connectivity index (χ0) is 34.0. The summed E-state index contributed by atoms with van der Waals surface area (Å²) in [5, 5.41) is 20.9. The Morgan fingerprint density at radius 1 is 0.750 bits per heavy atom. The molecule has 3 amide bonds. The number of aliphatic carboxylic acids is 1. The molecule has 0 bridgehead atoms. The molecular weight excluding hydrogens is 630 g/mol. The van der Waals surface area contributed by atoms with Gasteiger partial charge in [-0.2, -0.15) is 0 Å². The van der Waals surface area contributed by atoms with E-state index >= 15 is 0 Å². The Kier molecular flexibility index (Phi) is 11.2. The van der Waals surface area contributed by atoms with E-state index < -0.39 is 47.9 Å². The van der Waals surface area contributed by atoms with Gasteiger partial charge in [-0.25, -0.2) is 9.78 Å². The molecule has 48 heavy (non-hydrogen) atoms. The molecular formula is C35H37N7O5S. The molecule has 0 saturated carbocycles. The van der Waals surface area contributed by atoms with Gasteiger partial charge in [0.05, 0.1) is 12.4 Å². The number of hydrogen-bond acceptors (Lipinski definition) is 8. The Bertz CT molecular complexity index is 1840. The van der Waals surface area contributed by atoms with Gasteiger partial charge in [-0.1, -0.05) is 60.7 Å². The number of benzene rings is 3. The first kappa shape index (κ1) is 33.8. The summed E-state index contributed by atoms with van der Waals surface area (Å²) < 4.78 is 1.02. The first-order valence-electron chi connectivity index (χ1n) is 15.4. The minimum atomic E-state index is -1.29. The second-order valence-corrected chi connectivity index (χ2v) is 12.4. The quantitative estimate of drug-likeness (QED) is 0.0824. The van der Waals surface area contributed by atoms with E-state index in [1.165, 1.54) is 23.9 Å². The number of hydrogen-bond donors (Lipinski definition) is 7. The van der Waals surface area contributed by atoms with Gasteiger partial charge in [0.25, 0.3) is 0 Å². The molecule has 12 nitrogen and oxygen atoms in total. The molecule has 5 aromatic rings. The average Bonchev–Trinajstić information content (AvgIpc) is 3.75. The topological polar surface area (TPSA) is 205 Å². The molecule has 3 aromatic carbocycles. The zero-order valence-electron chi connectivity index (χ0n) is 26.0. The van der Waals surface area contributed by atoms with Crippen LogP contribution in [0.5, 0.6) is 0 Å². The van der Waals surface area contributed by atoms with Crippen LogP contribution in [0.15, 0.2) is 96.8 Å². The van der Waals surface area contributed by atoms with Gasteiger partial charge in [-0.05, 0) is 52.1 Å². The van der Waals surface area contributed by atoms with Crippen molar-refractivity contribution in [3.63, 3.8) is 0 Å². The summed E-state index contributed by atoms with van der Waals surface area (Å²) in [5.41, 5.74) is 15.6. The number of aromatic amines is 1. The fourth-order valence-electron chi connectivity index (χ4n) is 5.32. The van der Waals surface area contributed by atoms with E-state index in [1.807, 2.05) is 35.7 Å². The fraction of sp³-hybridized carbons (Fsp3) is 0.229. The molecule has 4 atom stereocenters. The number of nitrogen functional groups attached to an aromatic ring is 1. The third-order valence-electron chi connectivity index (χ3n) is 7.90. The minimum Gasteiger partial charge on any atom is -0.480 e. The maximum atomic E-state index is 14.1. The number of carboxylic acid groups (broad SMARTS) is 1. The molecule has 0 spiro atoms. The summed E-state index contributed by atoms with van der Waals surface area (Å²) in [6, 6.07) is 19.3. The molecule has 2 aromatic heterocycles. The van der Waals surface area contributed by atoms with Gasteiger partial charge in [0.1, 0.15) is 18.1 Å². The number of H-pyrrole nitrogens is 1. The van der Waals surface area contributed by atoms with Crippen molar-refractivity contribution < 1.29 is 24.3 Å². The van der Waals surface area contributed by atoms with E-state index in [4.69, 9.17) is 11.5 Å². The molecule has 2 heterocycles. The third kappa shape index (κ3) is 9.05. The minimum absolute atomic E-state index is 0.0388. The highest BCUT2D eigenvalue weighted by molar-refractivity contribution is 7.17. The van der Waals surface area contributed by atoms with Crippen LogP contribution in [-0.2, 0) is 44.9 Å². The van der Waals surface area contributed by atoms with Crippen molar-refractivity contribution in [2.45, 2.75) is 49.9 Å². The molecule has 248 valence electrons. The fourth-order valence-corrected chi connectivity index (χ4v) is 6.29. The molecule has 0 radical (unpaired) electrons. The Balaban J connectivity index is 1.38. The van der Waals surface area contributed by atoms with Crippen LogP contribution in [0.4, 0.5) is 5.69 Å². The van der Waals surface area contributed by atoms with Crippen molar-refractivity contribution in [1.29, 1.82) is 0 Å². The maximum absolute atomic E-state index is 14.1. The number of nitrogens with zero attached hydrogens (tertiary/aromatic N) is 1. The van der Waals surface area contributed by atoms with Crippen molar-refractivity contribution >= 4 is 50.8 Å². The standard InChI is InChI=1S/C35H37N7O5S/c36-24-12-10-22(11-13-24)14-27(37)32(43)40-29(16-23-19-48-31-9-5-4-8-26(23)31)34(45)41-28(15-21-6-2-1-3-7-21)33(44)42-30(35(46)47)17-25-18-38-20-39-25/h1-13,18-20,27-30H,14-17,36-37H2,(H,38,39)(H,40,43)(H,41,45)(H,42,44)(H,46,47)/t27-,28+,29-,30-/m0/s1. The van der Waals surface area contributed by atoms with Gasteiger partial charge in [-0.3, -0.25) is 14.4 Å². The van der Waals surface area contributed by atoms with E-state index in [9.17, 15) is 24.3 Å². The van der Waals surface area contributed by atoms with Crippen LogP contribution in [0.3, 0.4) is 0 Å². The molecule has 0 aliphatic rings. The second-order valence-electron chi connectivity index (χ2n) is 11.5. The number of anilines is 1. The number of thiophene rings is 1. The summed E-state index contributed by atoms with van der Waals surface area (Å²) in [4.78, 5) is 60.0. The van der Waals surface area contributed by atoms with Gasteiger partial charge in [-0.15, -0.1) is 11.3 Å². The van der Waals surface area contributed by atoms with E-state index in [1.54, 1.807) is 48.5 Å². The van der Waals surface area contributed by atoms with Gasteiger partial charge in [0.2, 0.25) is 17.7 Å². The molecule has 0 aliphatic heterocycles. The van der Waals surface area contributed by atoms with Crippen LogP contribution >= 0.6 is 11.3 Å². The molecule has 0 unspecified atom stereocenters. The highest BCUT2D eigenvalue weighted by Crippen LogP contribution is 2.26. The van der Waals surface area contributed by atoms with Crippen LogP contribution < -0.4 is 27.4 Å². The van der Waals surface area contributed by atoms with Crippen LogP contribution in [0.1, 0.15) is 22.4 Å². The Morgan fingerprint density at radius 2 is 1.38 bits per heavy atom. The lowest BCUT2D eigenvalue weighted by atomic mass is 10.0. The molecule has 0 saturated heterocycles. The molecule has 0 aliphatic carbocycles. The maximum Gasteiger partial charge on any atom is 0.326 e. The normalized spacial score (nSPS) is 13.6. The molecule has 0 fully saturated rings. The summed E-state index contributed by atoms with van der Waals surface area (Å²) in [6.07, 6.45) is 3.28. The smallest absolute Gasteiger partial charge is 0.326 e. The van der Waals surface area contributed by atoms with E-state index in [-0.39, 0.29) is 25.7 Å². The number of aromatic nitrogens is 2. The summed E-state index contributed by atoms with van der Waals surface area (Å²) >= 11 is 1.52. The number of nitrogens with one attached hydrogen (secondary N) is 4. The largest absolute Gasteiger partial charge is 0.480 e. The lowest BCUT2D eigenvalue weighted by molar-refractivity contribution is -0.142. The lowest BCUT2D eigenvalue weighted by Crippen LogP contribution is -2.58. The number of carbonyl (C=O) groups is 4. The molecule has 9 N–H and O–H groups in total. The molecule has 5 rings (SSSR count). The highest BCUT2D eigenvalue weighted by atomic mass is 32.1. The van der Waals surface area contributed by atoms with Gasteiger partial charge in [0.15, 0.2) is 0 Å². The number of carboxylic acids is 1. The Hall–Kier alpha value is -5.53. The van der Waals surface area contributed by atoms with Crippen molar-refractivity contribution in [1.82, 2.24) is 25.9 Å². The first-order valence-corrected chi connectivity index (χ1v) is 16.2. The second kappa shape index (κ2) is 15.8. The van der Waals surface area contributed by atoms with Crippen molar-refractivity contribution in [2.24, 2.45) is 5.73 Å². The number of nitrogens with two attached hydrogens (primary N) is 2. The van der Waals surface area contributed by atoms with E-state index in [0.29, 0.717) is 11.4 Å². The van der Waals surface area contributed by atoms with Gasteiger partial charge < -0.3 is 37.5 Å². The van der Waals surface area contributed by atoms with Gasteiger partial charge in [0, 0.05) is 41.5 Å². The number of rotatable bonds is 15. The number of fused-ring (bicyclic) bond motifs is 1. The zero-order valence-corrected chi connectivity index (χ0v) is 26.8. The van der Waals surface area contributed by atoms with Crippen LogP contribution in [-0.4, -0.2) is 62.9 Å². The number of carbonyl (C=O) groups excluding carboxylic acids is 3. The summed E-state index contributed by atoms with van der Waals surface area (Å²) in [7, 11) is 0. The predicted octanol–water partition coefficient (Wildman–Crippen LogP) is 2.34. The van der Waals surface area contributed by atoms with Crippen LogP contribution in [0.2, 0.25) is 0 Å². The van der Waals surface area contributed by atoms with Crippen molar-refractivity contribution in [2.75, 3.05) is 5.73 Å². The predicted molar refractivity (Wildman–Crippen MR) is 184 cm³/mol. The first-order chi connectivity index (χ1) is 23.2. The van der Waals surface area contributed by atoms with Crippen LogP contribution in [0.25, 0.3) is 10.1 Å². The third-order valence-corrected chi connectivity index (χ3v) is 8.91. The lowest BCUT2D eigenvalue weighted by Gasteiger charge is -2.25. The SMILES string of the molecule is Nc1ccc(C[C@H](N)C(=O)N[C@@H](Cc2csc3ccccc23)C(=O)N[C@H](Cc2ccccc2)C(=O)N[C@@H](Cc2cnc[nH]2)C(=O)O)cc1. The summed E-state index contributed by atoms with van der Waals surface area (Å²) in [6.45, 7) is 0. The van der Waals surface area contributed by atoms with E-state index in [2.05, 4.69) is 25.9 Å². The van der Waals surface area contributed by atoms with Crippen molar-refractivity contribution in [3.8, 4) is 0 Å². The van der Waals surface area contributed by atoms with Gasteiger partial charge >= 0.3 is 5.97 Å². The Morgan fingerprint density at radius 3 is 2.06 bits per heavy atom. The van der Waals surface area contributed by atoms with Crippen LogP contribution in [0, 0.1) is 0 Å².